The molecule has 2 amide bonds. The minimum absolute atomic E-state index is 0.0356. The third-order valence-electron chi connectivity index (χ3n) is 4.93. The number of fused-ring (bicyclic) bond motifs is 1. The molecule has 4 rings (SSSR count). The van der Waals surface area contributed by atoms with Crippen LogP contribution in [0.1, 0.15) is 15.9 Å². The van der Waals surface area contributed by atoms with E-state index in [1.165, 1.54) is 17.4 Å². The monoisotopic (exact) mass is 440 g/mol. The second kappa shape index (κ2) is 8.95. The van der Waals surface area contributed by atoms with Gasteiger partial charge in [-0.15, -0.1) is 0 Å². The molecule has 154 valence electrons. The lowest BCUT2D eigenvalue weighted by Crippen LogP contribution is -2.47. The summed E-state index contributed by atoms with van der Waals surface area (Å²) in [4.78, 5) is 33.5. The maximum absolute atomic E-state index is 12.8. The predicted octanol–water partition coefficient (Wildman–Crippen LogP) is 3.99. The number of carbonyl (C=O) groups is 2. The number of benzene rings is 2. The summed E-state index contributed by atoms with van der Waals surface area (Å²) in [6, 6.07) is 12.7. The van der Waals surface area contributed by atoms with Gasteiger partial charge in [0.1, 0.15) is 0 Å². The van der Waals surface area contributed by atoms with Crippen molar-refractivity contribution < 1.29 is 9.59 Å². The Kier molecular flexibility index (Phi) is 6.13. The van der Waals surface area contributed by atoms with Crippen LogP contribution in [0.2, 0.25) is 5.02 Å². The van der Waals surface area contributed by atoms with E-state index >= 15 is 0 Å². The van der Waals surface area contributed by atoms with Crippen LogP contribution in [0.25, 0.3) is 16.3 Å². The van der Waals surface area contributed by atoms with Crippen molar-refractivity contribution in [2.24, 2.45) is 0 Å². The summed E-state index contributed by atoms with van der Waals surface area (Å²) in [6.07, 6.45) is 3.14. The molecule has 0 radical (unpaired) electrons. The molecule has 0 spiro atoms. The molecule has 0 aliphatic carbocycles. The maximum Gasteiger partial charge on any atom is 0.253 e. The van der Waals surface area contributed by atoms with Gasteiger partial charge in [0.2, 0.25) is 5.91 Å². The van der Waals surface area contributed by atoms with E-state index in [0.717, 1.165) is 42.0 Å². The van der Waals surface area contributed by atoms with Crippen LogP contribution >= 0.6 is 22.9 Å². The molecule has 2 aromatic carbocycles. The lowest BCUT2D eigenvalue weighted by Gasteiger charge is -2.32. The number of nitrogens with one attached hydrogen (secondary N) is 1. The highest BCUT2D eigenvalue weighted by Crippen LogP contribution is 2.27. The molecule has 0 bridgehead atoms. The average Bonchev–Trinajstić information content (AvgIpc) is 3.13. The molecular weight excluding hydrogens is 420 g/mol. The van der Waals surface area contributed by atoms with E-state index in [1.807, 2.05) is 29.2 Å². The number of piperazine rings is 1. The maximum atomic E-state index is 12.8. The number of hydrogen-bond donors (Lipinski definition) is 1. The second-order valence-corrected chi connectivity index (χ2v) is 8.64. The fourth-order valence-electron chi connectivity index (χ4n) is 3.23. The van der Waals surface area contributed by atoms with Crippen LogP contribution in [-0.2, 0) is 4.79 Å². The highest BCUT2D eigenvalue weighted by atomic mass is 35.5. The first-order valence-electron chi connectivity index (χ1n) is 9.61. The predicted molar refractivity (Wildman–Crippen MR) is 122 cm³/mol. The Hall–Kier alpha value is -2.74. The first kappa shape index (κ1) is 20.5. The first-order chi connectivity index (χ1) is 14.5. The Labute approximate surface area is 183 Å². The minimum Gasteiger partial charge on any atom is -0.336 e. The molecule has 0 atom stereocenters. The number of nitrogens with zero attached hydrogens (tertiary/aromatic N) is 3. The molecule has 8 heteroatoms. The molecule has 0 unspecified atom stereocenters. The van der Waals surface area contributed by atoms with Crippen molar-refractivity contribution in [2.45, 2.75) is 0 Å². The van der Waals surface area contributed by atoms with Crippen LogP contribution < -0.4 is 5.32 Å². The smallest absolute Gasteiger partial charge is 0.253 e. The average molecular weight is 441 g/mol. The molecule has 1 N–H and O–H groups in total. The molecular formula is C22H21ClN4O2S. The number of anilines is 1. The van der Waals surface area contributed by atoms with Crippen LogP contribution in [0.4, 0.5) is 5.13 Å². The van der Waals surface area contributed by atoms with Crippen molar-refractivity contribution in [3.63, 3.8) is 0 Å². The van der Waals surface area contributed by atoms with E-state index < -0.39 is 0 Å². The summed E-state index contributed by atoms with van der Waals surface area (Å²) in [6.45, 7) is 3.23. The number of aromatic nitrogens is 1. The van der Waals surface area contributed by atoms with Crippen molar-refractivity contribution >= 4 is 56.2 Å². The van der Waals surface area contributed by atoms with Crippen molar-refractivity contribution in [2.75, 3.05) is 38.5 Å². The topological polar surface area (TPSA) is 65.5 Å². The Morgan fingerprint density at radius 1 is 1.13 bits per heavy atom. The Morgan fingerprint density at radius 3 is 2.70 bits per heavy atom. The quantitative estimate of drug-likeness (QED) is 0.623. The summed E-state index contributed by atoms with van der Waals surface area (Å²) in [5, 5.41) is 3.89. The van der Waals surface area contributed by atoms with Crippen molar-refractivity contribution in [1.82, 2.24) is 14.8 Å². The normalized spacial score (nSPS) is 15.1. The van der Waals surface area contributed by atoms with Gasteiger partial charge in [0.25, 0.3) is 5.91 Å². The van der Waals surface area contributed by atoms with Gasteiger partial charge in [-0.05, 0) is 49.0 Å². The fraction of sp³-hybridized carbons (Fsp3) is 0.227. The van der Waals surface area contributed by atoms with E-state index in [2.05, 4.69) is 22.2 Å². The van der Waals surface area contributed by atoms with Crippen LogP contribution in [0.5, 0.6) is 0 Å². The molecule has 1 aromatic heterocycles. The van der Waals surface area contributed by atoms with Crippen LogP contribution in [0, 0.1) is 0 Å². The lowest BCUT2D eigenvalue weighted by atomic mass is 10.1. The minimum atomic E-state index is -0.275. The SMILES string of the molecule is CN1CCN(C(=O)c2ccc3nc(NC(=O)/C=C/c4cccc(Cl)c4)sc3c2)CC1. The molecule has 6 nitrogen and oxygen atoms in total. The van der Waals surface area contributed by atoms with E-state index in [9.17, 15) is 9.59 Å². The molecule has 1 aliphatic rings. The number of carbonyl (C=O) groups excluding carboxylic acids is 2. The largest absolute Gasteiger partial charge is 0.336 e. The summed E-state index contributed by atoms with van der Waals surface area (Å²) >= 11 is 7.31. The van der Waals surface area contributed by atoms with Crippen molar-refractivity contribution in [3.8, 4) is 0 Å². The molecule has 1 saturated heterocycles. The Bertz CT molecular complexity index is 1120. The zero-order chi connectivity index (χ0) is 21.1. The zero-order valence-corrected chi connectivity index (χ0v) is 18.0. The number of thiazole rings is 1. The van der Waals surface area contributed by atoms with Gasteiger partial charge < -0.3 is 9.80 Å². The molecule has 3 aromatic rings. The zero-order valence-electron chi connectivity index (χ0n) is 16.5. The van der Waals surface area contributed by atoms with E-state index in [0.29, 0.717) is 15.7 Å². The summed E-state index contributed by atoms with van der Waals surface area (Å²) in [5.74, 6) is -0.240. The molecule has 0 saturated carbocycles. The van der Waals surface area contributed by atoms with Gasteiger partial charge in [0.15, 0.2) is 5.13 Å². The summed E-state index contributed by atoms with van der Waals surface area (Å²) in [5.41, 5.74) is 2.24. The number of hydrogen-bond acceptors (Lipinski definition) is 5. The third kappa shape index (κ3) is 4.87. The van der Waals surface area contributed by atoms with Crippen LogP contribution in [-0.4, -0.2) is 59.8 Å². The van der Waals surface area contributed by atoms with Gasteiger partial charge in [0, 0.05) is 42.8 Å². The lowest BCUT2D eigenvalue weighted by molar-refractivity contribution is -0.111. The molecule has 1 fully saturated rings. The van der Waals surface area contributed by atoms with E-state index in [4.69, 9.17) is 11.6 Å². The van der Waals surface area contributed by atoms with Crippen molar-refractivity contribution in [3.05, 3.63) is 64.7 Å². The summed E-state index contributed by atoms with van der Waals surface area (Å²) < 4.78 is 0.865. The fourth-order valence-corrected chi connectivity index (χ4v) is 4.34. The highest BCUT2D eigenvalue weighted by molar-refractivity contribution is 7.22. The van der Waals surface area contributed by atoms with Gasteiger partial charge in [-0.1, -0.05) is 35.1 Å². The standard InChI is InChI=1S/C22H21ClN4O2S/c1-26-9-11-27(12-10-26)21(29)16-6-7-18-19(14-16)30-22(24-18)25-20(28)8-5-15-3-2-4-17(23)13-15/h2-8,13-14H,9-12H2,1H3,(H,24,25,28)/b8-5+. The second-order valence-electron chi connectivity index (χ2n) is 7.17. The number of rotatable bonds is 4. The summed E-state index contributed by atoms with van der Waals surface area (Å²) in [7, 11) is 2.06. The number of amides is 2. The molecule has 30 heavy (non-hydrogen) atoms. The number of halogens is 1. The Balaban J connectivity index is 1.44. The first-order valence-corrected chi connectivity index (χ1v) is 10.8. The van der Waals surface area contributed by atoms with Gasteiger partial charge in [-0.3, -0.25) is 14.9 Å². The van der Waals surface area contributed by atoms with E-state index in [1.54, 1.807) is 24.3 Å². The van der Waals surface area contributed by atoms with Crippen LogP contribution in [0.3, 0.4) is 0 Å². The van der Waals surface area contributed by atoms with Crippen LogP contribution in [0.15, 0.2) is 48.5 Å². The van der Waals surface area contributed by atoms with E-state index in [-0.39, 0.29) is 11.8 Å². The Morgan fingerprint density at radius 2 is 1.93 bits per heavy atom. The number of likely N-dealkylation sites (N-methyl/N-ethyl adjacent to an activating group) is 1. The van der Waals surface area contributed by atoms with Gasteiger partial charge in [-0.25, -0.2) is 4.98 Å². The van der Waals surface area contributed by atoms with Gasteiger partial charge in [-0.2, -0.15) is 0 Å². The van der Waals surface area contributed by atoms with Gasteiger partial charge in [0.05, 0.1) is 10.2 Å². The molecule has 1 aliphatic heterocycles. The van der Waals surface area contributed by atoms with Gasteiger partial charge >= 0.3 is 0 Å². The molecule has 2 heterocycles. The highest BCUT2D eigenvalue weighted by Gasteiger charge is 2.21. The van der Waals surface area contributed by atoms with Crippen molar-refractivity contribution in [1.29, 1.82) is 0 Å². The third-order valence-corrected chi connectivity index (χ3v) is 6.10.